The molecule has 0 aliphatic rings. The summed E-state index contributed by atoms with van der Waals surface area (Å²) in [5.41, 5.74) is -5.15. The maximum Gasteiger partial charge on any atom is 0.195 e. The molecule has 0 atom stereocenters. The Hall–Kier alpha value is -0.540. The highest BCUT2D eigenvalue weighted by atomic mass is 19.4. The Bertz CT molecular complexity index is 199. The lowest BCUT2D eigenvalue weighted by Gasteiger charge is -2.35. The average Bonchev–Trinajstić information content (AvgIpc) is 2.02. The van der Waals surface area contributed by atoms with Crippen molar-refractivity contribution in [3.63, 3.8) is 0 Å². The van der Waals surface area contributed by atoms with Gasteiger partial charge in [-0.25, -0.2) is 0 Å². The number of hydrogen-bond acceptors (Lipinski definition) is 3. The van der Waals surface area contributed by atoms with Gasteiger partial charge in [-0.3, -0.25) is 0 Å². The van der Waals surface area contributed by atoms with Crippen molar-refractivity contribution >= 4 is 0 Å². The van der Waals surface area contributed by atoms with Crippen LogP contribution in [0.5, 0.6) is 0 Å². The molecule has 0 fully saturated rings. The number of nitrogens with zero attached hydrogens (tertiary/aromatic N) is 3. The first kappa shape index (κ1) is 14.5. The van der Waals surface area contributed by atoms with E-state index in [-0.39, 0.29) is 0 Å². The van der Waals surface area contributed by atoms with Gasteiger partial charge in [0.25, 0.3) is 0 Å². The molecular weight excluding hydrogens is 228 g/mol. The molecule has 9 heteroatoms. The molecule has 92 valence electrons. The molecule has 0 aromatic rings. The number of hydrogen-bond donors (Lipinski definition) is 0. The SMILES string of the molecule is CC(C)(CC(C)(N(F)F)N(F)F)N(F)F. The zero-order chi connectivity index (χ0) is 12.4. The van der Waals surface area contributed by atoms with Crippen molar-refractivity contribution in [3.8, 4) is 0 Å². The van der Waals surface area contributed by atoms with Crippen LogP contribution in [0, 0.1) is 0 Å². The van der Waals surface area contributed by atoms with Crippen LogP contribution in [-0.2, 0) is 0 Å². The van der Waals surface area contributed by atoms with Gasteiger partial charge in [0, 0.05) is 22.5 Å². The molecule has 0 spiro atoms. The van der Waals surface area contributed by atoms with Gasteiger partial charge >= 0.3 is 0 Å². The molecule has 0 bridgehead atoms. The van der Waals surface area contributed by atoms with Gasteiger partial charge in [0.2, 0.25) is 0 Å². The van der Waals surface area contributed by atoms with Gasteiger partial charge in [-0.05, 0) is 20.8 Å². The summed E-state index contributed by atoms with van der Waals surface area (Å²) in [7, 11) is 0. The Balaban J connectivity index is 4.85. The van der Waals surface area contributed by atoms with Gasteiger partial charge in [0.05, 0.1) is 5.54 Å². The maximum absolute atomic E-state index is 12.2. The first-order valence-corrected chi connectivity index (χ1v) is 3.89. The summed E-state index contributed by atoms with van der Waals surface area (Å²) < 4.78 is 73.1. The molecule has 0 saturated heterocycles. The van der Waals surface area contributed by atoms with Crippen molar-refractivity contribution in [2.75, 3.05) is 0 Å². The van der Waals surface area contributed by atoms with E-state index in [2.05, 4.69) is 0 Å². The molecule has 0 saturated carbocycles. The van der Waals surface area contributed by atoms with Gasteiger partial charge in [0.15, 0.2) is 5.66 Å². The fraction of sp³-hybridized carbons (Fsp3) is 1.00. The van der Waals surface area contributed by atoms with Crippen molar-refractivity contribution in [1.29, 1.82) is 0 Å². The summed E-state index contributed by atoms with van der Waals surface area (Å²) in [6, 6.07) is 0. The lowest BCUT2D eigenvalue weighted by Crippen LogP contribution is -2.52. The van der Waals surface area contributed by atoms with Crippen molar-refractivity contribution in [2.45, 2.75) is 38.4 Å². The average molecular weight is 239 g/mol. The quantitative estimate of drug-likeness (QED) is 0.414. The Morgan fingerprint density at radius 2 is 1.07 bits per heavy atom. The Kier molecular flexibility index (Phi) is 4.37. The minimum Gasteiger partial charge on any atom is -0.101 e. The van der Waals surface area contributed by atoms with E-state index >= 15 is 0 Å². The molecule has 0 aliphatic carbocycles. The summed E-state index contributed by atoms with van der Waals surface area (Å²) in [4.78, 5) is 0. The normalized spacial score (nSPS) is 14.4. The van der Waals surface area contributed by atoms with E-state index in [1.54, 1.807) is 0 Å². The van der Waals surface area contributed by atoms with Crippen LogP contribution in [0.2, 0.25) is 0 Å². The zero-order valence-electron chi connectivity index (χ0n) is 8.32. The van der Waals surface area contributed by atoms with Crippen LogP contribution in [0.15, 0.2) is 0 Å². The van der Waals surface area contributed by atoms with Crippen molar-refractivity contribution in [2.24, 2.45) is 0 Å². The van der Waals surface area contributed by atoms with E-state index in [0.717, 1.165) is 13.8 Å². The predicted molar refractivity (Wildman–Crippen MR) is 39.3 cm³/mol. The summed E-state index contributed by atoms with van der Waals surface area (Å²) >= 11 is 0. The smallest absolute Gasteiger partial charge is 0.101 e. The summed E-state index contributed by atoms with van der Waals surface area (Å²) in [6.45, 7) is 2.20. The number of rotatable bonds is 5. The fourth-order valence-corrected chi connectivity index (χ4v) is 1.06. The minimum atomic E-state index is -3.06. The first-order valence-electron chi connectivity index (χ1n) is 3.89. The summed E-state index contributed by atoms with van der Waals surface area (Å²) in [6.07, 6.45) is -1.15. The van der Waals surface area contributed by atoms with Gasteiger partial charge in [-0.1, -0.05) is 17.9 Å². The maximum atomic E-state index is 12.2. The minimum absolute atomic E-state index is 0.457. The molecule has 0 amide bonds. The van der Waals surface area contributed by atoms with Crippen molar-refractivity contribution in [3.05, 3.63) is 0 Å². The molecule has 0 aliphatic heterocycles. The van der Waals surface area contributed by atoms with E-state index in [1.807, 2.05) is 0 Å². The second kappa shape index (κ2) is 4.54. The van der Waals surface area contributed by atoms with E-state index in [9.17, 15) is 26.9 Å². The second-order valence-corrected chi connectivity index (χ2v) is 3.90. The van der Waals surface area contributed by atoms with Gasteiger partial charge < -0.3 is 0 Å². The largest absolute Gasteiger partial charge is 0.195 e. The standard InChI is InChI=1S/C6H11F6N3/c1-5(2,13(7)8)4-6(3,14(9)10)15(11)12/h4H2,1-3H3. The molecule has 0 heterocycles. The zero-order valence-corrected chi connectivity index (χ0v) is 8.32. The molecule has 3 nitrogen and oxygen atoms in total. The van der Waals surface area contributed by atoms with Crippen LogP contribution in [0.25, 0.3) is 0 Å². The third kappa shape index (κ3) is 3.21. The van der Waals surface area contributed by atoms with Gasteiger partial charge in [0.1, 0.15) is 0 Å². The first-order chi connectivity index (χ1) is 6.54. The Morgan fingerprint density at radius 3 is 1.27 bits per heavy atom. The molecule has 0 aromatic heterocycles. The predicted octanol–water partition coefficient (Wildman–Crippen LogP) is 3.08. The monoisotopic (exact) mass is 239 g/mol. The Labute approximate surface area is 82.4 Å². The van der Waals surface area contributed by atoms with Crippen LogP contribution in [0.1, 0.15) is 27.2 Å². The lowest BCUT2D eigenvalue weighted by atomic mass is 9.93. The van der Waals surface area contributed by atoms with E-state index in [1.165, 1.54) is 0 Å². The van der Waals surface area contributed by atoms with Crippen molar-refractivity contribution in [1.82, 2.24) is 16.0 Å². The van der Waals surface area contributed by atoms with E-state index in [0.29, 0.717) is 6.92 Å². The van der Waals surface area contributed by atoms with E-state index < -0.39 is 33.7 Å². The highest BCUT2D eigenvalue weighted by Gasteiger charge is 2.49. The third-order valence-corrected chi connectivity index (χ3v) is 1.95. The highest BCUT2D eigenvalue weighted by molar-refractivity contribution is 4.84. The van der Waals surface area contributed by atoms with Crippen LogP contribution < -0.4 is 0 Å². The van der Waals surface area contributed by atoms with Crippen LogP contribution >= 0.6 is 0 Å². The highest BCUT2D eigenvalue weighted by Crippen LogP contribution is 2.34. The van der Waals surface area contributed by atoms with Gasteiger partial charge in [-0.2, -0.15) is 0 Å². The van der Waals surface area contributed by atoms with Crippen molar-refractivity contribution < 1.29 is 26.9 Å². The second-order valence-electron chi connectivity index (χ2n) is 3.90. The van der Waals surface area contributed by atoms with Gasteiger partial charge in [-0.15, -0.1) is 8.96 Å². The van der Waals surface area contributed by atoms with Crippen LogP contribution in [0.4, 0.5) is 26.9 Å². The third-order valence-electron chi connectivity index (χ3n) is 1.95. The fourth-order valence-electron chi connectivity index (χ4n) is 1.06. The molecule has 0 N–H and O–H groups in total. The van der Waals surface area contributed by atoms with Crippen LogP contribution in [0.3, 0.4) is 0 Å². The molecule has 0 rings (SSSR count). The number of halogens is 6. The summed E-state index contributed by atoms with van der Waals surface area (Å²) in [5, 5.41) is -4.96. The summed E-state index contributed by atoms with van der Waals surface area (Å²) in [5.74, 6) is 0. The molecule has 15 heavy (non-hydrogen) atoms. The lowest BCUT2D eigenvalue weighted by molar-refractivity contribution is -0.378. The molecule has 0 aromatic carbocycles. The Morgan fingerprint density at radius 1 is 0.733 bits per heavy atom. The molecular formula is C6H11F6N3. The molecule has 0 radical (unpaired) electrons. The van der Waals surface area contributed by atoms with E-state index in [4.69, 9.17) is 0 Å². The van der Waals surface area contributed by atoms with Crippen LogP contribution in [-0.4, -0.2) is 27.2 Å². The topological polar surface area (TPSA) is 9.72 Å². The molecule has 0 unspecified atom stereocenters.